The van der Waals surface area contributed by atoms with E-state index >= 15 is 0 Å². The van der Waals surface area contributed by atoms with Gasteiger partial charge in [0.1, 0.15) is 0 Å². The number of esters is 1. The van der Waals surface area contributed by atoms with E-state index in [9.17, 15) is 18.8 Å². The first-order valence-electron chi connectivity index (χ1n) is 5.69. The number of nitrogens with one attached hydrogen (secondary N) is 1. The Labute approximate surface area is 107 Å². The van der Waals surface area contributed by atoms with E-state index in [0.717, 1.165) is 10.6 Å². The smallest absolute Gasteiger partial charge is 0.330 e. The molecule has 0 amide bonds. The lowest BCUT2D eigenvalue weighted by Crippen LogP contribution is -2.35. The zero-order valence-electron chi connectivity index (χ0n) is 10.2. The summed E-state index contributed by atoms with van der Waals surface area (Å²) < 4.78 is 25.0. The molecule has 0 saturated carbocycles. The van der Waals surface area contributed by atoms with Gasteiger partial charge in [-0.2, -0.15) is 0 Å². The highest BCUT2D eigenvalue weighted by Gasteiger charge is 2.39. The highest BCUT2D eigenvalue weighted by Crippen LogP contribution is 2.30. The van der Waals surface area contributed by atoms with Crippen molar-refractivity contribution in [3.05, 3.63) is 33.1 Å². The molecule has 0 spiro atoms. The molecule has 19 heavy (non-hydrogen) atoms. The van der Waals surface area contributed by atoms with E-state index in [1.807, 2.05) is 4.98 Å². The minimum atomic E-state index is -1.50. The van der Waals surface area contributed by atoms with Crippen LogP contribution in [0.2, 0.25) is 0 Å². The van der Waals surface area contributed by atoms with E-state index in [-0.39, 0.29) is 13.2 Å². The van der Waals surface area contributed by atoms with Crippen LogP contribution in [0.1, 0.15) is 13.2 Å². The summed E-state index contributed by atoms with van der Waals surface area (Å²) in [5.74, 6) is -1.13. The zero-order chi connectivity index (χ0) is 14.0. The van der Waals surface area contributed by atoms with Gasteiger partial charge in [0.25, 0.3) is 5.56 Å². The lowest BCUT2D eigenvalue weighted by molar-refractivity contribution is -0.142. The number of hydrogen-bond acceptors (Lipinski definition) is 5. The van der Waals surface area contributed by atoms with Crippen LogP contribution in [0.4, 0.5) is 4.39 Å². The lowest BCUT2D eigenvalue weighted by atomic mass is 10.1. The third kappa shape index (κ3) is 2.90. The maximum absolute atomic E-state index is 14.1. The standard InChI is InChI=1S/C11H13FN2O5/c1-6(15)18-4-7-5-19-10(9(7)12)14-3-2-8(16)13-11(14)17/h2-3,7,9-10H,4-5H2,1H3,(H,13,16,17)/t7-,9-,10-/m1/s1. The Bertz CT molecular complexity index is 581. The number of carbonyl (C=O) groups is 1. The van der Waals surface area contributed by atoms with Crippen molar-refractivity contribution in [1.29, 1.82) is 0 Å². The summed E-state index contributed by atoms with van der Waals surface area (Å²) in [6, 6.07) is 1.11. The predicted octanol–water partition coefficient (Wildman–Crippen LogP) is -0.417. The Kier molecular flexibility index (Phi) is 3.79. The number of H-pyrrole nitrogens is 1. The predicted molar refractivity (Wildman–Crippen MR) is 61.3 cm³/mol. The van der Waals surface area contributed by atoms with E-state index in [1.165, 1.54) is 13.1 Å². The molecule has 1 N–H and O–H groups in total. The molecule has 1 aliphatic rings. The summed E-state index contributed by atoms with van der Waals surface area (Å²) in [6.45, 7) is 1.16. The molecule has 104 valence electrons. The monoisotopic (exact) mass is 272 g/mol. The van der Waals surface area contributed by atoms with Gasteiger partial charge in [-0.1, -0.05) is 0 Å². The van der Waals surface area contributed by atoms with Crippen molar-refractivity contribution in [3.63, 3.8) is 0 Å². The van der Waals surface area contributed by atoms with Gasteiger partial charge in [0.2, 0.25) is 0 Å². The molecule has 0 radical (unpaired) electrons. The Morgan fingerprint density at radius 2 is 2.37 bits per heavy atom. The summed E-state index contributed by atoms with van der Waals surface area (Å²) in [6.07, 6.45) is -1.44. The second-order valence-electron chi connectivity index (χ2n) is 4.25. The van der Waals surface area contributed by atoms with E-state index in [2.05, 4.69) is 0 Å². The minimum Gasteiger partial charge on any atom is -0.465 e. The van der Waals surface area contributed by atoms with Crippen LogP contribution < -0.4 is 11.2 Å². The Balaban J connectivity index is 2.13. The van der Waals surface area contributed by atoms with E-state index in [0.29, 0.717) is 0 Å². The highest BCUT2D eigenvalue weighted by atomic mass is 19.1. The highest BCUT2D eigenvalue weighted by molar-refractivity contribution is 5.65. The SMILES string of the molecule is CC(=O)OC[C@@H]1CO[C@@H](n2ccc(=O)[nH]c2=O)[C@@H]1F. The first-order valence-corrected chi connectivity index (χ1v) is 5.69. The molecule has 2 rings (SSSR count). The molecule has 0 unspecified atom stereocenters. The summed E-state index contributed by atoms with van der Waals surface area (Å²) in [5, 5.41) is 0. The van der Waals surface area contributed by atoms with Gasteiger partial charge in [-0.25, -0.2) is 9.18 Å². The van der Waals surface area contributed by atoms with Crippen molar-refractivity contribution < 1.29 is 18.7 Å². The number of ether oxygens (including phenoxy) is 2. The Morgan fingerprint density at radius 3 is 3.00 bits per heavy atom. The largest absolute Gasteiger partial charge is 0.465 e. The summed E-state index contributed by atoms with van der Waals surface area (Å²) in [7, 11) is 0. The lowest BCUT2D eigenvalue weighted by Gasteiger charge is -2.16. The van der Waals surface area contributed by atoms with Gasteiger partial charge in [0, 0.05) is 19.2 Å². The molecule has 1 aromatic rings. The van der Waals surface area contributed by atoms with Gasteiger partial charge in [-0.05, 0) is 0 Å². The molecule has 1 aromatic heterocycles. The number of nitrogens with zero attached hydrogens (tertiary/aromatic N) is 1. The third-order valence-corrected chi connectivity index (χ3v) is 2.83. The van der Waals surface area contributed by atoms with Crippen molar-refractivity contribution in [3.8, 4) is 0 Å². The van der Waals surface area contributed by atoms with E-state index < -0.39 is 35.5 Å². The first-order chi connectivity index (χ1) is 8.99. The number of aromatic nitrogens is 2. The van der Waals surface area contributed by atoms with Crippen LogP contribution in [-0.4, -0.2) is 34.9 Å². The quantitative estimate of drug-likeness (QED) is 0.755. The third-order valence-electron chi connectivity index (χ3n) is 2.83. The number of rotatable bonds is 3. The molecule has 0 bridgehead atoms. The van der Waals surface area contributed by atoms with Crippen LogP contribution in [0.3, 0.4) is 0 Å². The number of halogens is 1. The van der Waals surface area contributed by atoms with Crippen LogP contribution >= 0.6 is 0 Å². The van der Waals surface area contributed by atoms with Gasteiger partial charge in [0.15, 0.2) is 12.4 Å². The van der Waals surface area contributed by atoms with Crippen LogP contribution in [0.25, 0.3) is 0 Å². The van der Waals surface area contributed by atoms with Gasteiger partial charge in [-0.15, -0.1) is 0 Å². The Morgan fingerprint density at radius 1 is 1.63 bits per heavy atom. The maximum atomic E-state index is 14.1. The minimum absolute atomic E-state index is 0.0324. The fraction of sp³-hybridized carbons (Fsp3) is 0.545. The fourth-order valence-electron chi connectivity index (χ4n) is 1.86. The fourth-order valence-corrected chi connectivity index (χ4v) is 1.86. The maximum Gasteiger partial charge on any atom is 0.330 e. The topological polar surface area (TPSA) is 90.4 Å². The van der Waals surface area contributed by atoms with Crippen molar-refractivity contribution >= 4 is 5.97 Å². The summed E-state index contributed by atoms with van der Waals surface area (Å²) in [5.41, 5.74) is -1.31. The molecule has 1 aliphatic heterocycles. The average molecular weight is 272 g/mol. The molecule has 8 heteroatoms. The zero-order valence-corrected chi connectivity index (χ0v) is 10.2. The van der Waals surface area contributed by atoms with Crippen molar-refractivity contribution in [2.45, 2.75) is 19.3 Å². The molecule has 0 aliphatic carbocycles. The van der Waals surface area contributed by atoms with Crippen molar-refractivity contribution in [1.82, 2.24) is 9.55 Å². The van der Waals surface area contributed by atoms with Crippen LogP contribution in [0.15, 0.2) is 21.9 Å². The molecule has 1 fully saturated rings. The normalized spacial score (nSPS) is 26.3. The molecular formula is C11H13FN2O5. The van der Waals surface area contributed by atoms with Crippen molar-refractivity contribution in [2.24, 2.45) is 5.92 Å². The molecule has 3 atom stereocenters. The Hall–Kier alpha value is -1.96. The second kappa shape index (κ2) is 5.35. The van der Waals surface area contributed by atoms with Crippen molar-refractivity contribution in [2.75, 3.05) is 13.2 Å². The van der Waals surface area contributed by atoms with Crippen LogP contribution in [-0.2, 0) is 14.3 Å². The number of aromatic amines is 1. The van der Waals surface area contributed by atoms with Crippen LogP contribution in [0, 0.1) is 5.92 Å². The number of alkyl halides is 1. The summed E-state index contributed by atoms with van der Waals surface area (Å²) in [4.78, 5) is 35.1. The molecular weight excluding hydrogens is 259 g/mol. The molecule has 7 nitrogen and oxygen atoms in total. The van der Waals surface area contributed by atoms with E-state index in [1.54, 1.807) is 0 Å². The van der Waals surface area contributed by atoms with Gasteiger partial charge in [0.05, 0.1) is 19.1 Å². The molecule has 1 saturated heterocycles. The van der Waals surface area contributed by atoms with Gasteiger partial charge in [-0.3, -0.25) is 19.1 Å². The second-order valence-corrected chi connectivity index (χ2v) is 4.25. The molecule has 0 aromatic carbocycles. The average Bonchev–Trinajstić information content (AvgIpc) is 2.68. The molecule has 2 heterocycles. The summed E-state index contributed by atoms with van der Waals surface area (Å²) >= 11 is 0. The number of carbonyl (C=O) groups excluding carboxylic acids is 1. The van der Waals surface area contributed by atoms with Gasteiger partial charge >= 0.3 is 11.7 Å². The van der Waals surface area contributed by atoms with Gasteiger partial charge < -0.3 is 9.47 Å². The van der Waals surface area contributed by atoms with Crippen LogP contribution in [0.5, 0.6) is 0 Å². The number of hydrogen-bond donors (Lipinski definition) is 1. The first kappa shape index (κ1) is 13.5. The van der Waals surface area contributed by atoms with E-state index in [4.69, 9.17) is 9.47 Å².